The lowest BCUT2D eigenvalue weighted by Gasteiger charge is -2.43. The Balaban J connectivity index is 1.14. The number of anilines is 6. The summed E-state index contributed by atoms with van der Waals surface area (Å²) in [7, 11) is 0. The molecule has 2 aliphatic heterocycles. The molecule has 2 aliphatic carbocycles. The van der Waals surface area contributed by atoms with Crippen molar-refractivity contribution in [1.82, 2.24) is 0 Å². The fourth-order valence-electron chi connectivity index (χ4n) is 11.2. The van der Waals surface area contributed by atoms with E-state index in [2.05, 4.69) is 213 Å². The summed E-state index contributed by atoms with van der Waals surface area (Å²) in [6.07, 6.45) is 0. The molecule has 0 bridgehead atoms. The van der Waals surface area contributed by atoms with E-state index in [9.17, 15) is 0 Å². The summed E-state index contributed by atoms with van der Waals surface area (Å²) in [4.78, 5) is 5.05. The van der Waals surface area contributed by atoms with Crippen LogP contribution in [0.3, 0.4) is 0 Å². The molecule has 0 amide bonds. The van der Waals surface area contributed by atoms with Gasteiger partial charge >= 0.3 is 0 Å². The van der Waals surface area contributed by atoms with Gasteiger partial charge in [-0.1, -0.05) is 148 Å². The molecule has 1 spiro atoms. The summed E-state index contributed by atoms with van der Waals surface area (Å²) >= 11 is 1.99. The average Bonchev–Trinajstić information content (AvgIpc) is 3.89. The largest absolute Gasteiger partial charge is 0.311 e. The highest BCUT2D eigenvalue weighted by atomic mass is 32.1. The summed E-state index contributed by atoms with van der Waals surface area (Å²) in [6.45, 7) is 7.10. The molecule has 0 atom stereocenters. The molecule has 4 heteroatoms. The third kappa shape index (κ3) is 4.27. The van der Waals surface area contributed by atoms with Gasteiger partial charge in [0.1, 0.15) is 0 Å². The maximum Gasteiger partial charge on any atom is 0.264 e. The van der Waals surface area contributed by atoms with Crippen LogP contribution in [0.25, 0.3) is 32.3 Å². The number of benzene rings is 8. The molecule has 0 saturated carbocycles. The lowest BCUT2D eigenvalue weighted by molar-refractivity contribution is 0.588. The van der Waals surface area contributed by atoms with Crippen molar-refractivity contribution in [3.05, 3.63) is 210 Å². The van der Waals surface area contributed by atoms with Crippen molar-refractivity contribution in [2.24, 2.45) is 0 Å². The SMILES string of the molecule is CC(C)(C)c1ccc2c(c1)C1(c3ccccc3-c3ccccc31)c1cc3sc4c(c3cc1-2)N(c1ccccc1)c1cccc2c1B4c1ccccc1N2c1ccccc1. The molecular formula is C55H39BN2S. The van der Waals surface area contributed by atoms with Gasteiger partial charge < -0.3 is 9.80 Å². The maximum absolute atomic E-state index is 2.60. The van der Waals surface area contributed by atoms with Crippen LogP contribution in [0, 0.1) is 0 Å². The molecule has 0 fully saturated rings. The van der Waals surface area contributed by atoms with Crippen molar-refractivity contribution in [3.63, 3.8) is 0 Å². The normalized spacial score (nSPS) is 14.7. The zero-order chi connectivity index (χ0) is 39.2. The van der Waals surface area contributed by atoms with Gasteiger partial charge in [-0.2, -0.15) is 0 Å². The molecule has 3 heterocycles. The van der Waals surface area contributed by atoms with Crippen LogP contribution in [0.1, 0.15) is 48.6 Å². The average molecular weight is 771 g/mol. The Morgan fingerprint density at radius 2 is 1.03 bits per heavy atom. The van der Waals surface area contributed by atoms with Crippen LogP contribution in [0.2, 0.25) is 0 Å². The van der Waals surface area contributed by atoms with Crippen LogP contribution in [0.4, 0.5) is 34.1 Å². The molecule has 0 radical (unpaired) electrons. The molecule has 2 nitrogen and oxygen atoms in total. The Labute approximate surface area is 349 Å². The molecule has 4 aliphatic rings. The molecule has 9 aromatic rings. The fourth-order valence-corrected chi connectivity index (χ4v) is 12.5. The smallest absolute Gasteiger partial charge is 0.264 e. The summed E-state index contributed by atoms with van der Waals surface area (Å²) in [5.41, 5.74) is 22.0. The molecule has 0 unspecified atom stereocenters. The zero-order valence-electron chi connectivity index (χ0n) is 33.2. The van der Waals surface area contributed by atoms with Crippen LogP contribution in [0.5, 0.6) is 0 Å². The third-order valence-electron chi connectivity index (χ3n) is 13.6. The molecule has 13 rings (SSSR count). The van der Waals surface area contributed by atoms with Gasteiger partial charge in [0.2, 0.25) is 0 Å². The van der Waals surface area contributed by atoms with Gasteiger partial charge in [0.05, 0.1) is 11.1 Å². The van der Waals surface area contributed by atoms with E-state index in [4.69, 9.17) is 0 Å². The lowest BCUT2D eigenvalue weighted by atomic mass is 9.36. The predicted molar refractivity (Wildman–Crippen MR) is 251 cm³/mol. The van der Waals surface area contributed by atoms with Gasteiger partial charge in [-0.15, -0.1) is 11.3 Å². The summed E-state index contributed by atoms with van der Waals surface area (Å²) < 4.78 is 2.73. The quantitative estimate of drug-likeness (QED) is 0.162. The second kappa shape index (κ2) is 11.7. The Hall–Kier alpha value is -6.62. The van der Waals surface area contributed by atoms with Gasteiger partial charge in [0, 0.05) is 43.3 Å². The fraction of sp³-hybridized carbons (Fsp3) is 0.0909. The highest BCUT2D eigenvalue weighted by Gasteiger charge is 2.53. The van der Waals surface area contributed by atoms with Gasteiger partial charge in [-0.05, 0) is 121 Å². The molecule has 1 aromatic heterocycles. The van der Waals surface area contributed by atoms with Crippen LogP contribution in [-0.2, 0) is 10.8 Å². The maximum atomic E-state index is 2.60. The van der Waals surface area contributed by atoms with Crippen LogP contribution >= 0.6 is 11.3 Å². The number of hydrogen-bond donors (Lipinski definition) is 0. The van der Waals surface area contributed by atoms with Crippen LogP contribution in [-0.4, -0.2) is 6.71 Å². The number of hydrogen-bond acceptors (Lipinski definition) is 3. The van der Waals surface area contributed by atoms with E-state index < -0.39 is 5.41 Å². The number of thiophene rings is 1. The number of para-hydroxylation sites is 3. The summed E-state index contributed by atoms with van der Waals surface area (Å²) in [6, 6.07) is 68.8. The van der Waals surface area contributed by atoms with E-state index in [0.717, 1.165) is 0 Å². The molecule has 0 saturated heterocycles. The van der Waals surface area contributed by atoms with E-state index in [-0.39, 0.29) is 12.1 Å². The van der Waals surface area contributed by atoms with Gasteiger partial charge in [-0.25, -0.2) is 0 Å². The molecule has 8 aromatic carbocycles. The highest BCUT2D eigenvalue weighted by Crippen LogP contribution is 2.64. The number of rotatable bonds is 2. The molecule has 59 heavy (non-hydrogen) atoms. The van der Waals surface area contributed by atoms with Crippen molar-refractivity contribution in [3.8, 4) is 22.3 Å². The van der Waals surface area contributed by atoms with Crippen LogP contribution < -0.4 is 25.5 Å². The first-order valence-corrected chi connectivity index (χ1v) is 21.6. The van der Waals surface area contributed by atoms with Crippen molar-refractivity contribution in [2.45, 2.75) is 31.6 Å². The van der Waals surface area contributed by atoms with E-state index in [1.165, 1.54) is 110 Å². The number of fused-ring (bicyclic) bond motifs is 16. The van der Waals surface area contributed by atoms with Crippen molar-refractivity contribution < 1.29 is 0 Å². The first-order valence-electron chi connectivity index (χ1n) is 20.8. The molecule has 278 valence electrons. The van der Waals surface area contributed by atoms with Crippen molar-refractivity contribution >= 4 is 78.0 Å². The molecule has 0 N–H and O–H groups in total. The summed E-state index contributed by atoms with van der Waals surface area (Å²) in [5, 5.41) is 1.31. The minimum atomic E-state index is -0.416. The minimum Gasteiger partial charge on any atom is -0.311 e. The lowest BCUT2D eigenvalue weighted by Crippen LogP contribution is -2.60. The zero-order valence-corrected chi connectivity index (χ0v) is 34.0. The first-order chi connectivity index (χ1) is 28.9. The van der Waals surface area contributed by atoms with E-state index in [0.29, 0.717) is 0 Å². The summed E-state index contributed by atoms with van der Waals surface area (Å²) in [5.74, 6) is 0. The number of nitrogens with zero attached hydrogens (tertiary/aromatic N) is 2. The molecular weight excluding hydrogens is 731 g/mol. The third-order valence-corrected chi connectivity index (χ3v) is 14.8. The Kier molecular flexibility index (Phi) is 6.64. The topological polar surface area (TPSA) is 6.48 Å². The second-order valence-corrected chi connectivity index (χ2v) is 18.7. The van der Waals surface area contributed by atoms with E-state index in [1.54, 1.807) is 0 Å². The Bertz CT molecular complexity index is 3180. The van der Waals surface area contributed by atoms with Gasteiger partial charge in [0.25, 0.3) is 6.71 Å². The minimum absolute atomic E-state index is 0.0108. The standard InChI is InChI=1S/C55H39BN2S/c1-54(2,3)34-29-30-39-40-32-41-50(33-45(40)55(44(39)31-34)42-23-12-10-21-37(42)38-22-11-13-24-43(38)55)59-53-52(41)58(36-19-8-5-9-20-36)49-28-16-27-48-51(49)56(53)46-25-14-15-26-47(46)57(48)35-17-6-4-7-18-35/h4-33H,1-3H3. The monoisotopic (exact) mass is 770 g/mol. The van der Waals surface area contributed by atoms with Crippen molar-refractivity contribution in [2.75, 3.05) is 9.80 Å². The van der Waals surface area contributed by atoms with Crippen LogP contribution in [0.15, 0.2) is 182 Å². The van der Waals surface area contributed by atoms with E-state index in [1.807, 2.05) is 11.3 Å². The predicted octanol–water partition coefficient (Wildman–Crippen LogP) is 12.6. The first kappa shape index (κ1) is 33.4. The Morgan fingerprint density at radius 1 is 0.475 bits per heavy atom. The second-order valence-electron chi connectivity index (χ2n) is 17.6. The Morgan fingerprint density at radius 3 is 1.73 bits per heavy atom. The van der Waals surface area contributed by atoms with Gasteiger partial charge in [-0.3, -0.25) is 0 Å². The van der Waals surface area contributed by atoms with Gasteiger partial charge in [0.15, 0.2) is 0 Å². The van der Waals surface area contributed by atoms with E-state index >= 15 is 0 Å². The van der Waals surface area contributed by atoms with Crippen molar-refractivity contribution in [1.29, 1.82) is 0 Å². The highest BCUT2D eigenvalue weighted by molar-refractivity contribution is 7.33.